The maximum atomic E-state index is 11.2. The fraction of sp³-hybridized carbons (Fsp3) is 0.357. The van der Waals surface area contributed by atoms with E-state index in [1.54, 1.807) is 0 Å². The number of Topliss-reactive ketones (excluding diaryl/α,β-unsaturated/α-hetero) is 1. The van der Waals surface area contributed by atoms with Gasteiger partial charge in [-0.3, -0.25) is 9.69 Å². The predicted molar refractivity (Wildman–Crippen MR) is 67.8 cm³/mol. The minimum absolute atomic E-state index is 0.401. The molecule has 3 heteroatoms. The number of nitrogens with zero attached hydrogens (tertiary/aromatic N) is 1. The van der Waals surface area contributed by atoms with Crippen molar-refractivity contribution in [2.75, 3.05) is 13.1 Å². The number of aromatic amines is 1. The molecule has 0 amide bonds. The van der Waals surface area contributed by atoms with Gasteiger partial charge >= 0.3 is 0 Å². The summed E-state index contributed by atoms with van der Waals surface area (Å²) in [6, 6.07) is 10.5. The van der Waals surface area contributed by atoms with Crippen molar-refractivity contribution in [1.29, 1.82) is 0 Å². The number of fused-ring (bicyclic) bond motifs is 1. The number of hydrogen-bond acceptors (Lipinski definition) is 2. The first-order valence-electron chi connectivity index (χ1n) is 6.12. The lowest BCUT2D eigenvalue weighted by Gasteiger charge is -2.24. The number of hydrogen-bond donors (Lipinski definition) is 1. The van der Waals surface area contributed by atoms with E-state index in [1.807, 2.05) is 6.07 Å². The van der Waals surface area contributed by atoms with E-state index >= 15 is 0 Å². The van der Waals surface area contributed by atoms with Crippen molar-refractivity contribution in [2.45, 2.75) is 19.4 Å². The highest BCUT2D eigenvalue weighted by Gasteiger charge is 2.16. The number of H-pyrrole nitrogens is 1. The maximum Gasteiger partial charge on any atom is 0.135 e. The largest absolute Gasteiger partial charge is 0.357 e. The lowest BCUT2D eigenvalue weighted by molar-refractivity contribution is -0.121. The highest BCUT2D eigenvalue weighted by Crippen LogP contribution is 2.17. The van der Waals surface area contributed by atoms with Crippen LogP contribution < -0.4 is 0 Å². The SMILES string of the molecule is O=C1CCN(Cc2cc3ccccc3[nH]2)CC1. The van der Waals surface area contributed by atoms with Crippen LogP contribution in [0.2, 0.25) is 0 Å². The highest BCUT2D eigenvalue weighted by molar-refractivity contribution is 5.80. The Balaban J connectivity index is 1.74. The van der Waals surface area contributed by atoms with Gasteiger partial charge in [0.25, 0.3) is 0 Å². The normalized spacial score (nSPS) is 17.8. The topological polar surface area (TPSA) is 36.1 Å². The summed E-state index contributed by atoms with van der Waals surface area (Å²) in [5.41, 5.74) is 2.43. The molecule has 0 radical (unpaired) electrons. The molecule has 2 aromatic rings. The van der Waals surface area contributed by atoms with Crippen LogP contribution in [0.1, 0.15) is 18.5 Å². The van der Waals surface area contributed by atoms with Crippen LogP contribution in [-0.2, 0) is 11.3 Å². The smallest absolute Gasteiger partial charge is 0.135 e. The number of benzene rings is 1. The van der Waals surface area contributed by atoms with Crippen LogP contribution in [0, 0.1) is 0 Å². The summed E-state index contributed by atoms with van der Waals surface area (Å²) in [6.07, 6.45) is 1.42. The number of aromatic nitrogens is 1. The van der Waals surface area contributed by atoms with E-state index in [9.17, 15) is 4.79 Å². The first-order chi connectivity index (χ1) is 8.31. The zero-order chi connectivity index (χ0) is 11.7. The minimum Gasteiger partial charge on any atom is -0.357 e. The fourth-order valence-corrected chi connectivity index (χ4v) is 2.42. The maximum absolute atomic E-state index is 11.2. The molecular formula is C14H16N2O. The van der Waals surface area contributed by atoms with Crippen LogP contribution in [0.25, 0.3) is 10.9 Å². The Bertz CT molecular complexity index is 501. The van der Waals surface area contributed by atoms with Gasteiger partial charge in [-0.1, -0.05) is 18.2 Å². The van der Waals surface area contributed by atoms with Gasteiger partial charge < -0.3 is 4.98 Å². The van der Waals surface area contributed by atoms with E-state index in [0.29, 0.717) is 18.6 Å². The van der Waals surface area contributed by atoms with Crippen LogP contribution >= 0.6 is 0 Å². The Labute approximate surface area is 100 Å². The molecule has 0 aliphatic carbocycles. The molecule has 0 bridgehead atoms. The van der Waals surface area contributed by atoms with Gasteiger partial charge in [0.15, 0.2) is 0 Å². The molecule has 1 aliphatic rings. The second kappa shape index (κ2) is 4.34. The number of carbonyl (C=O) groups is 1. The Hall–Kier alpha value is -1.61. The van der Waals surface area contributed by atoms with Crippen molar-refractivity contribution in [2.24, 2.45) is 0 Å². The van der Waals surface area contributed by atoms with Crippen molar-refractivity contribution >= 4 is 16.7 Å². The van der Waals surface area contributed by atoms with Gasteiger partial charge in [-0.05, 0) is 17.5 Å². The molecular weight excluding hydrogens is 212 g/mol. The molecule has 2 heterocycles. The van der Waals surface area contributed by atoms with E-state index in [4.69, 9.17) is 0 Å². The molecule has 0 unspecified atom stereocenters. The van der Waals surface area contributed by atoms with Crippen molar-refractivity contribution in [3.63, 3.8) is 0 Å². The summed E-state index contributed by atoms with van der Waals surface area (Å²) < 4.78 is 0. The third kappa shape index (κ3) is 2.24. The summed E-state index contributed by atoms with van der Waals surface area (Å²) in [6.45, 7) is 2.71. The molecule has 1 fully saturated rings. The van der Waals surface area contributed by atoms with Gasteiger partial charge in [0.1, 0.15) is 5.78 Å². The molecule has 1 aromatic carbocycles. The summed E-state index contributed by atoms with van der Waals surface area (Å²) in [7, 11) is 0. The average Bonchev–Trinajstić information content (AvgIpc) is 2.74. The highest BCUT2D eigenvalue weighted by atomic mass is 16.1. The second-order valence-corrected chi connectivity index (χ2v) is 4.70. The minimum atomic E-state index is 0.401. The lowest BCUT2D eigenvalue weighted by atomic mass is 10.1. The number of piperidine rings is 1. The van der Waals surface area contributed by atoms with Gasteiger partial charge in [-0.25, -0.2) is 0 Å². The summed E-state index contributed by atoms with van der Waals surface area (Å²) in [5.74, 6) is 0.401. The molecule has 0 spiro atoms. The zero-order valence-electron chi connectivity index (χ0n) is 9.78. The molecule has 1 aliphatic heterocycles. The molecule has 17 heavy (non-hydrogen) atoms. The van der Waals surface area contributed by atoms with E-state index in [1.165, 1.54) is 16.6 Å². The number of carbonyl (C=O) groups excluding carboxylic acids is 1. The summed E-state index contributed by atoms with van der Waals surface area (Å²) in [4.78, 5) is 16.9. The molecule has 88 valence electrons. The number of ketones is 1. The quantitative estimate of drug-likeness (QED) is 0.856. The van der Waals surface area contributed by atoms with Gasteiger partial charge in [0, 0.05) is 43.7 Å². The number of likely N-dealkylation sites (tertiary alicyclic amines) is 1. The molecule has 0 saturated carbocycles. The summed E-state index contributed by atoms with van der Waals surface area (Å²) in [5, 5.41) is 1.26. The van der Waals surface area contributed by atoms with Gasteiger partial charge in [0.2, 0.25) is 0 Å². The van der Waals surface area contributed by atoms with E-state index in [-0.39, 0.29) is 0 Å². The van der Waals surface area contributed by atoms with Crippen LogP contribution in [0.5, 0.6) is 0 Å². The van der Waals surface area contributed by atoms with E-state index < -0.39 is 0 Å². The Morgan fingerprint density at radius 3 is 2.71 bits per heavy atom. The Kier molecular flexibility index (Phi) is 2.69. The van der Waals surface area contributed by atoms with Crippen LogP contribution in [0.3, 0.4) is 0 Å². The van der Waals surface area contributed by atoms with Gasteiger partial charge in [-0.15, -0.1) is 0 Å². The van der Waals surface area contributed by atoms with Crippen molar-refractivity contribution < 1.29 is 4.79 Å². The Morgan fingerprint density at radius 1 is 1.18 bits per heavy atom. The van der Waals surface area contributed by atoms with Crippen LogP contribution in [0.4, 0.5) is 0 Å². The van der Waals surface area contributed by atoms with Gasteiger partial charge in [-0.2, -0.15) is 0 Å². The molecule has 1 aromatic heterocycles. The first-order valence-corrected chi connectivity index (χ1v) is 6.12. The lowest BCUT2D eigenvalue weighted by Crippen LogP contribution is -2.33. The van der Waals surface area contributed by atoms with Crippen LogP contribution in [-0.4, -0.2) is 28.8 Å². The molecule has 1 N–H and O–H groups in total. The average molecular weight is 228 g/mol. The van der Waals surface area contributed by atoms with Crippen LogP contribution in [0.15, 0.2) is 30.3 Å². The number of nitrogens with one attached hydrogen (secondary N) is 1. The third-order valence-corrected chi connectivity index (χ3v) is 3.39. The monoisotopic (exact) mass is 228 g/mol. The number of para-hydroxylation sites is 1. The molecule has 1 saturated heterocycles. The molecule has 3 rings (SSSR count). The van der Waals surface area contributed by atoms with Crippen molar-refractivity contribution in [1.82, 2.24) is 9.88 Å². The first kappa shape index (κ1) is 10.5. The molecule has 3 nitrogen and oxygen atoms in total. The van der Waals surface area contributed by atoms with E-state index in [2.05, 4.69) is 34.1 Å². The second-order valence-electron chi connectivity index (χ2n) is 4.70. The molecule has 0 atom stereocenters. The fourth-order valence-electron chi connectivity index (χ4n) is 2.42. The standard InChI is InChI=1S/C14H16N2O/c17-13-5-7-16(8-6-13)10-12-9-11-3-1-2-4-14(11)15-12/h1-4,9,15H,5-8,10H2. The number of rotatable bonds is 2. The summed E-state index contributed by atoms with van der Waals surface area (Å²) >= 11 is 0. The van der Waals surface area contributed by atoms with Crippen molar-refractivity contribution in [3.05, 3.63) is 36.0 Å². The third-order valence-electron chi connectivity index (χ3n) is 3.39. The van der Waals surface area contributed by atoms with Crippen molar-refractivity contribution in [3.8, 4) is 0 Å². The zero-order valence-corrected chi connectivity index (χ0v) is 9.78. The Morgan fingerprint density at radius 2 is 1.94 bits per heavy atom. The van der Waals surface area contributed by atoms with Gasteiger partial charge in [0.05, 0.1) is 0 Å². The predicted octanol–water partition coefficient (Wildman–Crippen LogP) is 2.33. The van der Waals surface area contributed by atoms with E-state index in [0.717, 1.165) is 19.6 Å².